The lowest BCUT2D eigenvalue weighted by Crippen LogP contribution is -2.41. The molecule has 2 saturated carbocycles. The van der Waals surface area contributed by atoms with E-state index in [9.17, 15) is 10.1 Å². The molecule has 2 aliphatic carbocycles. The summed E-state index contributed by atoms with van der Waals surface area (Å²) in [4.78, 5) is 25.2. The molecule has 1 N–H and O–H groups in total. The molecular formula is C39H35Cl2FN6O2. The lowest BCUT2D eigenvalue weighted by atomic mass is 9.79. The number of nitrogens with zero attached hydrogens (tertiary/aromatic N) is 5. The molecular weight excluding hydrogens is 674 g/mol. The Bertz CT molecular complexity index is 2220. The molecule has 1 amide bonds. The zero-order valence-electron chi connectivity index (χ0n) is 27.5. The number of carbonyl (C=O) groups excluding carboxylic acids is 1. The minimum absolute atomic E-state index is 0.0447. The van der Waals surface area contributed by atoms with Gasteiger partial charge in [-0.15, -0.1) is 0 Å². The van der Waals surface area contributed by atoms with E-state index in [0.29, 0.717) is 64.0 Å². The van der Waals surface area contributed by atoms with Crippen LogP contribution in [0, 0.1) is 35.9 Å². The average molecular weight is 710 g/mol. The lowest BCUT2D eigenvalue weighted by Gasteiger charge is -2.39. The van der Waals surface area contributed by atoms with E-state index in [-0.39, 0.29) is 53.0 Å². The number of nitriles is 1. The van der Waals surface area contributed by atoms with Crippen LogP contribution >= 0.6 is 23.2 Å². The third-order valence-corrected chi connectivity index (χ3v) is 12.0. The molecule has 0 radical (unpaired) electrons. The van der Waals surface area contributed by atoms with Crippen molar-refractivity contribution in [3.63, 3.8) is 0 Å². The fraction of sp³-hybridized carbons (Fsp3) is 0.385. The van der Waals surface area contributed by atoms with Gasteiger partial charge in [-0.25, -0.2) is 14.4 Å². The molecule has 0 spiro atoms. The normalized spacial score (nSPS) is 24.1. The molecule has 2 bridgehead atoms. The zero-order chi connectivity index (χ0) is 34.3. The van der Waals surface area contributed by atoms with Crippen LogP contribution in [0.15, 0.2) is 54.7 Å². The van der Waals surface area contributed by atoms with E-state index in [1.54, 1.807) is 24.4 Å². The van der Waals surface area contributed by atoms with Crippen LogP contribution in [-0.2, 0) is 11.2 Å². The highest BCUT2D eigenvalue weighted by Crippen LogP contribution is 2.51. The molecule has 11 heteroatoms. The summed E-state index contributed by atoms with van der Waals surface area (Å²) in [7, 11) is 0. The van der Waals surface area contributed by atoms with Crippen molar-refractivity contribution in [1.82, 2.24) is 24.8 Å². The van der Waals surface area contributed by atoms with Crippen molar-refractivity contribution < 1.29 is 13.9 Å². The highest BCUT2D eigenvalue weighted by Gasteiger charge is 2.51. The summed E-state index contributed by atoms with van der Waals surface area (Å²) < 4.78 is 25.9. The van der Waals surface area contributed by atoms with E-state index >= 15 is 4.39 Å². The largest absolute Gasteiger partial charge is 0.472 e. The van der Waals surface area contributed by atoms with Gasteiger partial charge < -0.3 is 19.5 Å². The van der Waals surface area contributed by atoms with E-state index in [0.717, 1.165) is 42.4 Å². The molecule has 3 aromatic heterocycles. The molecule has 8 nitrogen and oxygen atoms in total. The van der Waals surface area contributed by atoms with Gasteiger partial charge in [0.2, 0.25) is 11.8 Å². The van der Waals surface area contributed by atoms with Crippen LogP contribution in [0.1, 0.15) is 61.1 Å². The predicted octanol–water partition coefficient (Wildman–Crippen LogP) is 8.13. The topological polar surface area (TPSA) is 96.1 Å². The van der Waals surface area contributed by atoms with Crippen molar-refractivity contribution in [3.8, 4) is 23.1 Å². The van der Waals surface area contributed by atoms with E-state index in [4.69, 9.17) is 32.9 Å². The van der Waals surface area contributed by atoms with Gasteiger partial charge in [0.25, 0.3) is 0 Å². The number of hydrogen-bond acceptors (Lipinski definition) is 6. The first-order valence-corrected chi connectivity index (χ1v) is 18.2. The Kier molecular flexibility index (Phi) is 7.76. The molecule has 10 rings (SSSR count). The molecule has 3 aliphatic heterocycles. The summed E-state index contributed by atoms with van der Waals surface area (Å²) in [6.45, 7) is 3.31. The molecule has 50 heavy (non-hydrogen) atoms. The van der Waals surface area contributed by atoms with E-state index in [2.05, 4.69) is 27.0 Å². The highest BCUT2D eigenvalue weighted by molar-refractivity contribution is 6.43. The van der Waals surface area contributed by atoms with Crippen molar-refractivity contribution in [3.05, 3.63) is 87.5 Å². The molecule has 254 valence electrons. The summed E-state index contributed by atoms with van der Waals surface area (Å²) in [5.41, 5.74) is 4.37. The van der Waals surface area contributed by atoms with E-state index in [1.165, 1.54) is 0 Å². The number of aryl methyl sites for hydroxylation is 2. The van der Waals surface area contributed by atoms with Crippen LogP contribution < -0.4 is 10.1 Å². The van der Waals surface area contributed by atoms with Crippen LogP contribution in [0.5, 0.6) is 5.88 Å². The van der Waals surface area contributed by atoms with Crippen molar-refractivity contribution in [2.24, 2.45) is 11.8 Å². The number of aromatic nitrogens is 3. The van der Waals surface area contributed by atoms with Gasteiger partial charge in [0, 0.05) is 76.9 Å². The van der Waals surface area contributed by atoms with Gasteiger partial charge in [-0.2, -0.15) is 5.26 Å². The molecule has 2 aromatic carbocycles. The number of ether oxygens (including phenoxy) is 1. The molecule has 5 aliphatic rings. The summed E-state index contributed by atoms with van der Waals surface area (Å²) in [6.07, 6.45) is 5.53. The summed E-state index contributed by atoms with van der Waals surface area (Å²) >= 11 is 13.1. The third-order valence-electron chi connectivity index (χ3n) is 11.2. The lowest BCUT2D eigenvalue weighted by molar-refractivity contribution is -0.133. The highest BCUT2D eigenvalue weighted by atomic mass is 35.5. The number of likely N-dealkylation sites (tertiary alicyclic amines) is 1. The number of halogens is 3. The van der Waals surface area contributed by atoms with Crippen LogP contribution in [0.25, 0.3) is 32.9 Å². The standard InChI is InChI=1S/C39H35Cl2FN6O2/c1-20-26-17-31(30-16-24(50-32-9-2-3-13-44-32)19-47(30)39(49)21-10-11-21)48(37-23-15-29(37)45-18-23)38(26)27-14-22(6-5-12-43)33(35(42)36(27)46-20)25-7-4-8-28(40)34(25)41/h2-4,7-9,13-14,17,21,23-24,29-30,37,45H,5-6,10-11,15-16,18-19H2,1H3/t23-,24+,29-,30-,37+/m1/s1. The maximum absolute atomic E-state index is 17.1. The minimum atomic E-state index is -0.483. The Morgan fingerprint density at radius 1 is 1.14 bits per heavy atom. The number of pyridine rings is 2. The van der Waals surface area contributed by atoms with Crippen molar-refractivity contribution in [2.45, 2.75) is 69.7 Å². The first-order valence-electron chi connectivity index (χ1n) is 17.4. The quantitative estimate of drug-likeness (QED) is 0.175. The van der Waals surface area contributed by atoms with Crippen LogP contribution in [-0.4, -0.2) is 50.6 Å². The Morgan fingerprint density at radius 3 is 2.72 bits per heavy atom. The molecule has 6 heterocycles. The summed E-state index contributed by atoms with van der Waals surface area (Å²) in [5.74, 6) is 0.689. The van der Waals surface area contributed by atoms with Crippen LogP contribution in [0.2, 0.25) is 10.0 Å². The fourth-order valence-corrected chi connectivity index (χ4v) is 9.05. The van der Waals surface area contributed by atoms with Crippen molar-refractivity contribution in [2.75, 3.05) is 13.1 Å². The number of nitrogens with one attached hydrogen (secondary N) is 1. The van der Waals surface area contributed by atoms with E-state index in [1.807, 2.05) is 36.1 Å². The second-order valence-corrected chi connectivity index (χ2v) is 15.0. The molecule has 0 unspecified atom stereocenters. The Hall–Kier alpha value is -4.23. The molecule has 5 aromatic rings. The first kappa shape index (κ1) is 31.7. The monoisotopic (exact) mass is 708 g/mol. The van der Waals surface area contributed by atoms with Gasteiger partial charge >= 0.3 is 0 Å². The molecule has 5 atom stereocenters. The third kappa shape index (κ3) is 5.06. The molecule has 3 saturated heterocycles. The predicted molar refractivity (Wildman–Crippen MR) is 191 cm³/mol. The van der Waals surface area contributed by atoms with Crippen LogP contribution in [0.3, 0.4) is 0 Å². The maximum atomic E-state index is 17.1. The Labute approximate surface area is 299 Å². The van der Waals surface area contributed by atoms with Gasteiger partial charge in [0.15, 0.2) is 5.82 Å². The van der Waals surface area contributed by atoms with Gasteiger partial charge in [-0.05, 0) is 68.4 Å². The minimum Gasteiger partial charge on any atom is -0.472 e. The van der Waals surface area contributed by atoms with Gasteiger partial charge in [0.1, 0.15) is 11.6 Å². The Morgan fingerprint density at radius 2 is 2.00 bits per heavy atom. The van der Waals surface area contributed by atoms with Crippen molar-refractivity contribution >= 4 is 50.9 Å². The SMILES string of the molecule is Cc1nc2c(F)c(-c3cccc(Cl)c3Cl)c(CCC#N)cc2c2c1cc([C@H]1C[C@H](Oc3ccccn3)CN1C(=O)C1CC1)n2[C@H]1[C@H]2CN[C@@H]1C2. The fourth-order valence-electron chi connectivity index (χ4n) is 8.66. The van der Waals surface area contributed by atoms with Gasteiger partial charge in [-0.1, -0.05) is 41.4 Å². The second kappa shape index (κ2) is 12.2. The van der Waals surface area contributed by atoms with Gasteiger partial charge in [0.05, 0.1) is 40.3 Å². The Balaban J connectivity index is 1.27. The number of benzene rings is 2. The number of carbonyl (C=O) groups is 1. The van der Waals surface area contributed by atoms with Crippen LogP contribution in [0.4, 0.5) is 4.39 Å². The smallest absolute Gasteiger partial charge is 0.226 e. The summed E-state index contributed by atoms with van der Waals surface area (Å²) in [6, 6.07) is 17.4. The molecule has 5 fully saturated rings. The summed E-state index contributed by atoms with van der Waals surface area (Å²) in [5, 5.41) is 15.5. The zero-order valence-corrected chi connectivity index (χ0v) is 29.0. The number of fused-ring (bicyclic) bond motifs is 4. The number of rotatable bonds is 8. The van der Waals surface area contributed by atoms with Crippen molar-refractivity contribution in [1.29, 1.82) is 5.26 Å². The number of amides is 1. The average Bonchev–Trinajstić information content (AvgIpc) is 3.40. The van der Waals surface area contributed by atoms with Gasteiger partial charge in [-0.3, -0.25) is 4.79 Å². The first-order chi connectivity index (χ1) is 24.3. The maximum Gasteiger partial charge on any atom is 0.226 e. The second-order valence-electron chi connectivity index (χ2n) is 14.2. The van der Waals surface area contributed by atoms with E-state index < -0.39 is 5.82 Å². The number of hydrogen-bond donors (Lipinski definition) is 1.